The Morgan fingerprint density at radius 2 is 1.72 bits per heavy atom. The molecule has 13 heteroatoms. The lowest BCUT2D eigenvalue weighted by molar-refractivity contribution is -0.140. The number of sulfonamides is 1. The van der Waals surface area contributed by atoms with Crippen LogP contribution in [0.15, 0.2) is 71.6 Å². The third-order valence-corrected chi connectivity index (χ3v) is 10.1. The first-order valence-electron chi connectivity index (χ1n) is 14.9. The number of benzene rings is 3. The van der Waals surface area contributed by atoms with Crippen molar-refractivity contribution in [1.82, 2.24) is 10.2 Å². The van der Waals surface area contributed by atoms with Gasteiger partial charge in [0.05, 0.1) is 28.3 Å². The van der Waals surface area contributed by atoms with Crippen molar-refractivity contribution < 1.29 is 35.9 Å². The summed E-state index contributed by atoms with van der Waals surface area (Å²) in [4.78, 5) is 28.9. The average molecular weight is 680 g/mol. The van der Waals surface area contributed by atoms with E-state index in [1.807, 2.05) is 0 Å². The number of ether oxygens (including phenoxy) is 1. The zero-order chi connectivity index (χ0) is 33.6. The van der Waals surface area contributed by atoms with E-state index >= 15 is 0 Å². The van der Waals surface area contributed by atoms with E-state index in [0.717, 1.165) is 43.4 Å². The van der Waals surface area contributed by atoms with Crippen LogP contribution < -0.4 is 14.4 Å². The number of rotatable bonds is 12. The summed E-state index contributed by atoms with van der Waals surface area (Å²) in [6.45, 7) is 2.52. The van der Waals surface area contributed by atoms with Crippen LogP contribution in [0.3, 0.4) is 0 Å². The molecule has 3 aromatic rings. The van der Waals surface area contributed by atoms with E-state index in [0.29, 0.717) is 21.7 Å². The number of nitrogens with zero attached hydrogens (tertiary/aromatic N) is 2. The SMILES string of the molecule is CC[C@H](C(=O)NC1CCCC1)N(Cc1cccc(OC)c1)C(=O)CN(c1ccc(Cl)c(C(F)(F)F)c1)S(=O)(=O)c1ccc(C)cc1. The molecule has 248 valence electrons. The highest BCUT2D eigenvalue weighted by molar-refractivity contribution is 7.92. The molecule has 46 heavy (non-hydrogen) atoms. The summed E-state index contributed by atoms with van der Waals surface area (Å²) in [5.41, 5.74) is -0.288. The van der Waals surface area contributed by atoms with Gasteiger partial charge >= 0.3 is 6.18 Å². The van der Waals surface area contributed by atoms with Gasteiger partial charge in [0.25, 0.3) is 10.0 Å². The van der Waals surface area contributed by atoms with Crippen LogP contribution in [0.4, 0.5) is 18.9 Å². The molecule has 0 radical (unpaired) electrons. The molecule has 0 aromatic heterocycles. The maximum atomic E-state index is 14.3. The molecule has 2 amide bonds. The fraction of sp³-hybridized carbons (Fsp3) is 0.394. The van der Waals surface area contributed by atoms with Gasteiger partial charge in [0, 0.05) is 12.6 Å². The molecule has 0 bridgehead atoms. The molecule has 1 N–H and O–H groups in total. The Hall–Kier alpha value is -3.77. The molecule has 8 nitrogen and oxygen atoms in total. The van der Waals surface area contributed by atoms with Gasteiger partial charge in [0.1, 0.15) is 18.3 Å². The molecule has 0 spiro atoms. The number of hydrogen-bond acceptors (Lipinski definition) is 5. The van der Waals surface area contributed by atoms with Gasteiger partial charge in [0.15, 0.2) is 0 Å². The van der Waals surface area contributed by atoms with Gasteiger partial charge < -0.3 is 15.0 Å². The Labute approximate surface area is 272 Å². The summed E-state index contributed by atoms with van der Waals surface area (Å²) in [5.74, 6) is -0.655. The summed E-state index contributed by atoms with van der Waals surface area (Å²) < 4.78 is 75.7. The van der Waals surface area contributed by atoms with Gasteiger partial charge in [-0.05, 0) is 74.2 Å². The van der Waals surface area contributed by atoms with Gasteiger partial charge in [-0.3, -0.25) is 13.9 Å². The van der Waals surface area contributed by atoms with Gasteiger partial charge in [-0.2, -0.15) is 13.2 Å². The number of hydrogen-bond donors (Lipinski definition) is 1. The predicted molar refractivity (Wildman–Crippen MR) is 170 cm³/mol. The number of amides is 2. The molecule has 0 aliphatic heterocycles. The number of alkyl halides is 3. The van der Waals surface area contributed by atoms with Crippen LogP contribution in [0.2, 0.25) is 5.02 Å². The van der Waals surface area contributed by atoms with Crippen molar-refractivity contribution in [3.8, 4) is 5.75 Å². The monoisotopic (exact) mass is 679 g/mol. The second-order valence-corrected chi connectivity index (χ2v) is 13.5. The van der Waals surface area contributed by atoms with E-state index in [4.69, 9.17) is 16.3 Å². The van der Waals surface area contributed by atoms with Crippen molar-refractivity contribution in [2.45, 2.75) is 75.7 Å². The average Bonchev–Trinajstić information content (AvgIpc) is 3.52. The fourth-order valence-corrected chi connectivity index (χ4v) is 7.14. The van der Waals surface area contributed by atoms with Gasteiger partial charge in [0.2, 0.25) is 11.8 Å². The van der Waals surface area contributed by atoms with Crippen LogP contribution in [-0.2, 0) is 32.3 Å². The van der Waals surface area contributed by atoms with Crippen molar-refractivity contribution >= 4 is 39.1 Å². The minimum atomic E-state index is -4.89. The Balaban J connectivity index is 1.79. The van der Waals surface area contributed by atoms with Gasteiger partial charge in [-0.1, -0.05) is 61.2 Å². The molecule has 3 aromatic carbocycles. The maximum Gasteiger partial charge on any atom is 0.417 e. The zero-order valence-corrected chi connectivity index (χ0v) is 27.4. The highest BCUT2D eigenvalue weighted by Gasteiger charge is 2.37. The molecule has 1 fully saturated rings. The van der Waals surface area contributed by atoms with E-state index in [1.54, 1.807) is 50.2 Å². The van der Waals surface area contributed by atoms with Crippen LogP contribution in [0.5, 0.6) is 5.75 Å². The molecule has 0 heterocycles. The summed E-state index contributed by atoms with van der Waals surface area (Å²) in [6.07, 6.45) is -1.11. The minimum Gasteiger partial charge on any atom is -0.497 e. The Morgan fingerprint density at radius 1 is 1.04 bits per heavy atom. The van der Waals surface area contributed by atoms with Crippen LogP contribution in [0.25, 0.3) is 0 Å². The number of carbonyl (C=O) groups is 2. The molecule has 1 saturated carbocycles. The number of carbonyl (C=O) groups excluding carboxylic acids is 2. The van der Waals surface area contributed by atoms with Crippen LogP contribution in [0.1, 0.15) is 55.7 Å². The first-order valence-corrected chi connectivity index (χ1v) is 16.7. The molecular formula is C33H37ClF3N3O5S. The maximum absolute atomic E-state index is 14.3. The van der Waals surface area contributed by atoms with E-state index in [2.05, 4.69) is 5.32 Å². The Kier molecular flexibility index (Phi) is 11.3. The molecular weight excluding hydrogens is 643 g/mol. The van der Waals surface area contributed by atoms with E-state index in [-0.39, 0.29) is 29.8 Å². The largest absolute Gasteiger partial charge is 0.497 e. The Bertz CT molecular complexity index is 1640. The van der Waals surface area contributed by atoms with Gasteiger partial charge in [-0.15, -0.1) is 0 Å². The summed E-state index contributed by atoms with van der Waals surface area (Å²) in [7, 11) is -3.09. The van der Waals surface area contributed by atoms with E-state index < -0.39 is 51.0 Å². The quantitative estimate of drug-likeness (QED) is 0.229. The minimum absolute atomic E-state index is 0.0383. The lowest BCUT2D eigenvalue weighted by atomic mass is 10.1. The Morgan fingerprint density at radius 3 is 2.33 bits per heavy atom. The number of halogens is 4. The second-order valence-electron chi connectivity index (χ2n) is 11.3. The first kappa shape index (κ1) is 35.1. The van der Waals surface area contributed by atoms with Crippen molar-refractivity contribution in [3.05, 3.63) is 88.4 Å². The topological polar surface area (TPSA) is 96.0 Å². The number of methoxy groups -OCH3 is 1. The molecule has 1 aliphatic rings. The third kappa shape index (κ3) is 8.33. The van der Waals surface area contributed by atoms with Crippen molar-refractivity contribution in [1.29, 1.82) is 0 Å². The summed E-state index contributed by atoms with van der Waals surface area (Å²) >= 11 is 5.85. The molecule has 4 rings (SSSR count). The van der Waals surface area contributed by atoms with Crippen molar-refractivity contribution in [2.24, 2.45) is 0 Å². The fourth-order valence-electron chi connectivity index (χ4n) is 5.51. The molecule has 1 atom stereocenters. The van der Waals surface area contributed by atoms with E-state index in [9.17, 15) is 31.2 Å². The first-order chi connectivity index (χ1) is 21.7. The van der Waals surface area contributed by atoms with Crippen molar-refractivity contribution in [2.75, 3.05) is 18.0 Å². The number of anilines is 1. The lowest BCUT2D eigenvalue weighted by Crippen LogP contribution is -2.53. The lowest BCUT2D eigenvalue weighted by Gasteiger charge is -2.34. The second kappa shape index (κ2) is 14.8. The van der Waals surface area contributed by atoms with Gasteiger partial charge in [-0.25, -0.2) is 8.42 Å². The van der Waals surface area contributed by atoms with Crippen LogP contribution >= 0.6 is 11.6 Å². The number of aryl methyl sites for hydroxylation is 1. The molecule has 0 unspecified atom stereocenters. The predicted octanol–water partition coefficient (Wildman–Crippen LogP) is 6.74. The smallest absolute Gasteiger partial charge is 0.417 e. The highest BCUT2D eigenvalue weighted by atomic mass is 35.5. The summed E-state index contributed by atoms with van der Waals surface area (Å²) in [5, 5.41) is 2.40. The third-order valence-electron chi connectivity index (χ3n) is 8.01. The molecule has 1 aliphatic carbocycles. The zero-order valence-electron chi connectivity index (χ0n) is 25.8. The normalized spacial score (nSPS) is 14.5. The van der Waals surface area contributed by atoms with Crippen LogP contribution in [-0.4, -0.2) is 50.9 Å². The standard InChI is InChI=1S/C33H37ClF3N3O5S/c1-4-30(32(42)38-24-9-5-6-10-24)39(20-23-8-7-11-26(18-23)45-3)31(41)21-40(46(43,44)27-15-12-22(2)13-16-27)25-14-17-29(34)28(19-25)33(35,36)37/h7-8,11-19,24,30H,4-6,9-10,20-21H2,1-3H3,(H,38,42)/t30-/m1/s1. The summed E-state index contributed by atoms with van der Waals surface area (Å²) in [6, 6.07) is 14.2. The van der Waals surface area contributed by atoms with Crippen molar-refractivity contribution in [3.63, 3.8) is 0 Å². The molecule has 0 saturated heterocycles. The van der Waals surface area contributed by atoms with Crippen LogP contribution in [0, 0.1) is 6.92 Å². The van der Waals surface area contributed by atoms with E-state index in [1.165, 1.54) is 24.1 Å². The highest BCUT2D eigenvalue weighted by Crippen LogP contribution is 2.38. The number of nitrogens with one attached hydrogen (secondary N) is 1.